The number of alkyl halides is 6. The van der Waals surface area contributed by atoms with Crippen molar-refractivity contribution in [2.24, 2.45) is 0 Å². The van der Waals surface area contributed by atoms with Crippen LogP contribution < -0.4 is 0 Å². The van der Waals surface area contributed by atoms with Crippen LogP contribution in [0.2, 0.25) is 0 Å². The molecule has 0 aliphatic heterocycles. The molecule has 0 atom stereocenters. The van der Waals surface area contributed by atoms with E-state index in [-0.39, 0.29) is 4.47 Å². The Bertz CT molecular complexity index is 441. The highest BCUT2D eigenvalue weighted by molar-refractivity contribution is 9.10. The van der Waals surface area contributed by atoms with Gasteiger partial charge >= 0.3 is 12.4 Å². The molecule has 1 aromatic rings. The van der Waals surface area contributed by atoms with E-state index in [2.05, 4.69) is 20.9 Å². The molecule has 0 radical (unpaired) electrons. The van der Waals surface area contributed by atoms with Gasteiger partial charge in [-0.25, -0.2) is 0 Å². The SMILES string of the molecule is Cc1cc(Br)cnc1C(O)(C(F)(F)F)C(F)(F)F. The highest BCUT2D eigenvalue weighted by Gasteiger charge is 2.72. The molecule has 0 spiro atoms. The highest BCUT2D eigenvalue weighted by atomic mass is 79.9. The van der Waals surface area contributed by atoms with Gasteiger partial charge < -0.3 is 5.11 Å². The third-order valence-corrected chi connectivity index (χ3v) is 2.64. The van der Waals surface area contributed by atoms with Crippen molar-refractivity contribution in [2.45, 2.75) is 24.9 Å². The summed E-state index contributed by atoms with van der Waals surface area (Å²) in [6, 6.07) is 1.00. The van der Waals surface area contributed by atoms with E-state index in [4.69, 9.17) is 5.11 Å². The fourth-order valence-corrected chi connectivity index (χ4v) is 1.79. The van der Waals surface area contributed by atoms with Crippen LogP contribution in [0.1, 0.15) is 11.3 Å². The van der Waals surface area contributed by atoms with E-state index in [0.717, 1.165) is 19.2 Å². The van der Waals surface area contributed by atoms with Crippen molar-refractivity contribution in [1.82, 2.24) is 4.98 Å². The van der Waals surface area contributed by atoms with Crippen LogP contribution in [0.25, 0.3) is 0 Å². The second-order valence-corrected chi connectivity index (χ2v) is 4.44. The normalized spacial score (nSPS) is 13.8. The monoisotopic (exact) mass is 337 g/mol. The van der Waals surface area contributed by atoms with Gasteiger partial charge in [0.2, 0.25) is 0 Å². The van der Waals surface area contributed by atoms with Gasteiger partial charge in [0, 0.05) is 10.7 Å². The average molecular weight is 338 g/mol. The minimum Gasteiger partial charge on any atom is -0.368 e. The first kappa shape index (κ1) is 15.2. The van der Waals surface area contributed by atoms with Gasteiger partial charge in [0.15, 0.2) is 0 Å². The molecule has 9 heteroatoms. The van der Waals surface area contributed by atoms with Crippen molar-refractivity contribution in [1.29, 1.82) is 0 Å². The summed E-state index contributed by atoms with van der Waals surface area (Å²) in [5, 5.41) is 9.10. The van der Waals surface area contributed by atoms with Gasteiger partial charge in [0.05, 0.1) is 5.69 Å². The molecule has 1 N–H and O–H groups in total. The Balaban J connectivity index is 3.56. The molecule has 1 rings (SSSR count). The fraction of sp³-hybridized carbons (Fsp3) is 0.444. The lowest BCUT2D eigenvalue weighted by atomic mass is 9.94. The van der Waals surface area contributed by atoms with E-state index in [1.54, 1.807) is 0 Å². The van der Waals surface area contributed by atoms with Crippen molar-refractivity contribution in [3.8, 4) is 0 Å². The molecular weight excluding hydrogens is 332 g/mol. The summed E-state index contributed by atoms with van der Waals surface area (Å²) in [6.07, 6.45) is -11.1. The van der Waals surface area contributed by atoms with Gasteiger partial charge in [-0.2, -0.15) is 26.3 Å². The van der Waals surface area contributed by atoms with E-state index in [0.29, 0.717) is 0 Å². The van der Waals surface area contributed by atoms with Crippen LogP contribution in [0.4, 0.5) is 26.3 Å². The highest BCUT2D eigenvalue weighted by Crippen LogP contribution is 2.50. The Morgan fingerprint density at radius 1 is 1.11 bits per heavy atom. The molecule has 2 nitrogen and oxygen atoms in total. The van der Waals surface area contributed by atoms with E-state index < -0.39 is 29.2 Å². The summed E-state index contributed by atoms with van der Waals surface area (Å²) in [7, 11) is 0. The smallest absolute Gasteiger partial charge is 0.368 e. The number of hydrogen-bond donors (Lipinski definition) is 1. The van der Waals surface area contributed by atoms with Gasteiger partial charge in [0.1, 0.15) is 0 Å². The number of aryl methyl sites for hydroxylation is 1. The van der Waals surface area contributed by atoms with Crippen LogP contribution in [0.15, 0.2) is 16.7 Å². The zero-order chi connectivity index (χ0) is 14.4. The molecule has 0 amide bonds. The Morgan fingerprint density at radius 3 is 1.89 bits per heavy atom. The molecule has 0 aromatic carbocycles. The Hall–Kier alpha value is -0.830. The van der Waals surface area contributed by atoms with E-state index in [1.165, 1.54) is 0 Å². The minimum absolute atomic E-state index is 0.204. The van der Waals surface area contributed by atoms with E-state index in [1.807, 2.05) is 0 Å². The summed E-state index contributed by atoms with van der Waals surface area (Å²) in [6.45, 7) is 0.996. The Labute approximate surface area is 106 Å². The summed E-state index contributed by atoms with van der Waals surface area (Å²) in [5.41, 5.74) is -6.89. The molecule has 0 bridgehead atoms. The summed E-state index contributed by atoms with van der Waals surface area (Å²) in [5.74, 6) is 0. The van der Waals surface area contributed by atoms with Crippen LogP contribution in [0.3, 0.4) is 0 Å². The van der Waals surface area contributed by atoms with Crippen molar-refractivity contribution < 1.29 is 31.4 Å². The fourth-order valence-electron chi connectivity index (χ4n) is 1.35. The van der Waals surface area contributed by atoms with Gasteiger partial charge in [-0.3, -0.25) is 4.98 Å². The first-order valence-corrected chi connectivity index (χ1v) is 5.19. The average Bonchev–Trinajstić information content (AvgIpc) is 2.12. The summed E-state index contributed by atoms with van der Waals surface area (Å²) in [4.78, 5) is 3.05. The topological polar surface area (TPSA) is 33.1 Å². The third kappa shape index (κ3) is 2.33. The van der Waals surface area contributed by atoms with Crippen molar-refractivity contribution in [3.05, 3.63) is 28.0 Å². The van der Waals surface area contributed by atoms with Crippen LogP contribution in [-0.4, -0.2) is 22.4 Å². The van der Waals surface area contributed by atoms with Gasteiger partial charge in [-0.15, -0.1) is 0 Å². The second-order valence-electron chi connectivity index (χ2n) is 3.52. The minimum atomic E-state index is -5.92. The number of aromatic nitrogens is 1. The zero-order valence-corrected chi connectivity index (χ0v) is 10.3. The largest absolute Gasteiger partial charge is 0.432 e. The van der Waals surface area contributed by atoms with Gasteiger partial charge in [-0.05, 0) is 34.5 Å². The van der Waals surface area contributed by atoms with Gasteiger partial charge in [-0.1, -0.05) is 0 Å². The van der Waals surface area contributed by atoms with E-state index >= 15 is 0 Å². The first-order valence-electron chi connectivity index (χ1n) is 4.39. The standard InChI is InChI=1S/C9H6BrF6NO/c1-4-2-5(10)3-17-6(4)7(18,8(11,12)13)9(14,15)16/h2-3,18H,1H3. The van der Waals surface area contributed by atoms with Crippen LogP contribution in [0, 0.1) is 6.92 Å². The number of rotatable bonds is 1. The summed E-state index contributed by atoms with van der Waals surface area (Å²) >= 11 is 2.86. The molecule has 0 aliphatic rings. The van der Waals surface area contributed by atoms with Crippen molar-refractivity contribution in [2.75, 3.05) is 0 Å². The maximum atomic E-state index is 12.5. The summed E-state index contributed by atoms with van der Waals surface area (Å²) < 4.78 is 75.5. The van der Waals surface area contributed by atoms with Crippen LogP contribution >= 0.6 is 15.9 Å². The van der Waals surface area contributed by atoms with Crippen molar-refractivity contribution in [3.63, 3.8) is 0 Å². The molecule has 18 heavy (non-hydrogen) atoms. The quantitative estimate of drug-likeness (QED) is 0.796. The Kier molecular flexibility index (Phi) is 3.70. The maximum absolute atomic E-state index is 12.5. The molecule has 0 fully saturated rings. The molecule has 102 valence electrons. The first-order chi connectivity index (χ1) is 7.91. The number of halogens is 7. The predicted octanol–water partition coefficient (Wildman–Crippen LogP) is 3.46. The van der Waals surface area contributed by atoms with Crippen LogP contribution in [0.5, 0.6) is 0 Å². The maximum Gasteiger partial charge on any atom is 0.432 e. The lowest BCUT2D eigenvalue weighted by Gasteiger charge is -2.32. The molecule has 0 saturated heterocycles. The second kappa shape index (κ2) is 4.37. The van der Waals surface area contributed by atoms with Crippen molar-refractivity contribution >= 4 is 15.9 Å². The lowest BCUT2D eigenvalue weighted by molar-refractivity contribution is -0.377. The Morgan fingerprint density at radius 2 is 1.56 bits per heavy atom. The molecule has 0 aliphatic carbocycles. The number of aliphatic hydroxyl groups is 1. The van der Waals surface area contributed by atoms with E-state index in [9.17, 15) is 26.3 Å². The number of nitrogens with zero attached hydrogens (tertiary/aromatic N) is 1. The molecule has 0 saturated carbocycles. The number of pyridine rings is 1. The molecule has 0 unspecified atom stereocenters. The van der Waals surface area contributed by atoms with Gasteiger partial charge in [0.25, 0.3) is 5.60 Å². The number of hydrogen-bond acceptors (Lipinski definition) is 2. The third-order valence-electron chi connectivity index (χ3n) is 2.21. The molecular formula is C9H6BrF6NO. The van der Waals surface area contributed by atoms with Crippen LogP contribution in [-0.2, 0) is 5.60 Å². The predicted molar refractivity (Wildman–Crippen MR) is 52.7 cm³/mol. The molecule has 1 aromatic heterocycles. The lowest BCUT2D eigenvalue weighted by Crippen LogP contribution is -2.54. The zero-order valence-electron chi connectivity index (χ0n) is 8.69. The molecule has 1 heterocycles.